The average Bonchev–Trinajstić information content (AvgIpc) is 2.73. The molecule has 170 valence electrons. The molecule has 0 atom stereocenters. The lowest BCUT2D eigenvalue weighted by Gasteiger charge is -2.16. The number of nitrogens with one attached hydrogen (secondary N) is 2. The minimum Gasteiger partial charge on any atom is -0.492 e. The second kappa shape index (κ2) is 11.3. The van der Waals surface area contributed by atoms with Crippen molar-refractivity contribution in [2.75, 3.05) is 32.8 Å². The van der Waals surface area contributed by atoms with Gasteiger partial charge >= 0.3 is 6.03 Å². The van der Waals surface area contributed by atoms with E-state index in [-0.39, 0.29) is 41.4 Å². The van der Waals surface area contributed by atoms with E-state index in [1.165, 1.54) is 26.4 Å². The van der Waals surface area contributed by atoms with E-state index in [1.54, 1.807) is 12.1 Å². The van der Waals surface area contributed by atoms with E-state index in [1.807, 2.05) is 11.6 Å². The molecular weight excluding hydrogens is 431 g/mol. The minimum absolute atomic E-state index is 0.00175. The molecule has 31 heavy (non-hydrogen) atoms. The number of aromatic nitrogens is 2. The van der Waals surface area contributed by atoms with Crippen molar-refractivity contribution in [1.82, 2.24) is 14.7 Å². The Morgan fingerprint density at radius 2 is 1.84 bits per heavy atom. The molecule has 2 aromatic rings. The van der Waals surface area contributed by atoms with Gasteiger partial charge in [-0.3, -0.25) is 9.71 Å². The second-order valence-corrected chi connectivity index (χ2v) is 7.84. The number of carbonyl (C=O) groups excluding carboxylic acids is 1. The summed E-state index contributed by atoms with van der Waals surface area (Å²) >= 11 is 0. The van der Waals surface area contributed by atoms with Crippen LogP contribution in [-0.2, 0) is 16.4 Å². The number of ether oxygens (including phenoxy) is 3. The van der Waals surface area contributed by atoms with Crippen LogP contribution in [0.25, 0.3) is 0 Å². The van der Waals surface area contributed by atoms with Crippen molar-refractivity contribution in [2.45, 2.75) is 31.1 Å². The smallest absolute Gasteiger partial charge is 0.335 e. The molecule has 10 nitrogen and oxygen atoms in total. The summed E-state index contributed by atoms with van der Waals surface area (Å²) in [6, 6.07) is 5.04. The van der Waals surface area contributed by atoms with Gasteiger partial charge < -0.3 is 14.2 Å². The highest BCUT2D eigenvalue weighted by molar-refractivity contribution is 7.90. The van der Waals surface area contributed by atoms with Gasteiger partial charge in [0.15, 0.2) is 0 Å². The summed E-state index contributed by atoms with van der Waals surface area (Å²) in [6.45, 7) is 1.29. The summed E-state index contributed by atoms with van der Waals surface area (Å²) in [7, 11) is -1.60. The summed E-state index contributed by atoms with van der Waals surface area (Å²) in [5.41, 5.74) is 0.472. The number of methoxy groups -OCH3 is 2. The van der Waals surface area contributed by atoms with Crippen molar-refractivity contribution in [3.63, 3.8) is 0 Å². The third-order valence-electron chi connectivity index (χ3n) is 3.93. The van der Waals surface area contributed by atoms with Gasteiger partial charge in [0, 0.05) is 6.42 Å². The maximum atomic E-state index is 13.0. The quantitative estimate of drug-likeness (QED) is 0.494. The molecule has 0 bridgehead atoms. The molecule has 2 N–H and O–H groups in total. The van der Waals surface area contributed by atoms with E-state index in [2.05, 4.69) is 15.3 Å². The number of rotatable bonds is 11. The Morgan fingerprint density at radius 1 is 1.16 bits per heavy atom. The zero-order chi connectivity index (χ0) is 22.9. The number of sulfonamides is 1. The number of alkyl halides is 1. The molecule has 0 unspecified atom stereocenters. The summed E-state index contributed by atoms with van der Waals surface area (Å²) in [6.07, 6.45) is 1.22. The highest BCUT2D eigenvalue weighted by Crippen LogP contribution is 2.29. The van der Waals surface area contributed by atoms with E-state index >= 15 is 0 Å². The van der Waals surface area contributed by atoms with Crippen LogP contribution < -0.4 is 24.2 Å². The van der Waals surface area contributed by atoms with Gasteiger partial charge in [0.05, 0.1) is 33.6 Å². The molecule has 0 aliphatic rings. The predicted molar refractivity (Wildman–Crippen MR) is 111 cm³/mol. The SMILES string of the molecule is CCCc1cccc(OCCCF)c1S(=O)(=O)NC(=O)Nc1nc(OC)cc(OC)n1. The minimum atomic E-state index is -4.33. The van der Waals surface area contributed by atoms with Crippen LogP contribution in [0.5, 0.6) is 17.5 Å². The van der Waals surface area contributed by atoms with Gasteiger partial charge in [-0.15, -0.1) is 0 Å². The molecule has 0 spiro atoms. The van der Waals surface area contributed by atoms with Crippen LogP contribution in [0.1, 0.15) is 25.3 Å². The van der Waals surface area contributed by atoms with Crippen molar-refractivity contribution in [2.24, 2.45) is 0 Å². The topological polar surface area (TPSA) is 129 Å². The fraction of sp³-hybridized carbons (Fsp3) is 0.421. The number of benzene rings is 1. The van der Waals surface area contributed by atoms with Crippen molar-refractivity contribution >= 4 is 22.0 Å². The molecule has 0 saturated carbocycles. The van der Waals surface area contributed by atoms with Gasteiger partial charge in [-0.05, 0) is 18.1 Å². The zero-order valence-electron chi connectivity index (χ0n) is 17.5. The third-order valence-corrected chi connectivity index (χ3v) is 5.39. The fourth-order valence-corrected chi connectivity index (χ4v) is 3.96. The molecular formula is C19H25FN4O6S. The third kappa shape index (κ3) is 6.67. The van der Waals surface area contributed by atoms with Gasteiger partial charge in [0.1, 0.15) is 10.6 Å². The van der Waals surface area contributed by atoms with Crippen LogP contribution in [-0.4, -0.2) is 51.9 Å². The molecule has 1 aromatic carbocycles. The summed E-state index contributed by atoms with van der Waals surface area (Å²) in [4.78, 5) is 20.1. The second-order valence-electron chi connectivity index (χ2n) is 6.22. The first-order valence-corrected chi connectivity index (χ1v) is 10.9. The highest BCUT2D eigenvalue weighted by atomic mass is 32.2. The molecule has 0 aliphatic carbocycles. The molecule has 0 aliphatic heterocycles. The molecule has 2 rings (SSSR count). The Morgan fingerprint density at radius 3 is 2.42 bits per heavy atom. The maximum absolute atomic E-state index is 13.0. The molecule has 0 fully saturated rings. The molecule has 1 heterocycles. The molecule has 0 radical (unpaired) electrons. The average molecular weight is 456 g/mol. The number of anilines is 1. The summed E-state index contributed by atoms with van der Waals surface area (Å²) in [5.74, 6) is 0.0489. The van der Waals surface area contributed by atoms with E-state index in [0.717, 1.165) is 0 Å². The van der Waals surface area contributed by atoms with Gasteiger partial charge in [0.25, 0.3) is 10.0 Å². The lowest BCUT2D eigenvalue weighted by Crippen LogP contribution is -2.35. The zero-order valence-corrected chi connectivity index (χ0v) is 18.3. The van der Waals surface area contributed by atoms with E-state index in [4.69, 9.17) is 14.2 Å². The predicted octanol–water partition coefficient (Wildman–Crippen LogP) is 2.70. The van der Waals surface area contributed by atoms with Crippen LogP contribution >= 0.6 is 0 Å². The normalized spacial score (nSPS) is 11.0. The largest absolute Gasteiger partial charge is 0.492 e. The number of nitrogens with zero attached hydrogens (tertiary/aromatic N) is 2. The number of carbonyl (C=O) groups is 1. The number of halogens is 1. The van der Waals surface area contributed by atoms with E-state index in [9.17, 15) is 17.6 Å². The number of hydrogen-bond acceptors (Lipinski definition) is 8. The standard InChI is InChI=1S/C19H25FN4O6S/c1-4-7-13-8-5-9-14(30-11-6-10-20)17(13)31(26,27)24-19(25)23-18-21-15(28-2)12-16(22-18)29-3/h5,8-9,12H,4,6-7,10-11H2,1-3H3,(H2,21,22,23,24,25). The number of amides is 2. The first-order chi connectivity index (χ1) is 14.8. The Balaban J connectivity index is 2.29. The van der Waals surface area contributed by atoms with Crippen molar-refractivity contribution < 1.29 is 31.8 Å². The lowest BCUT2D eigenvalue weighted by atomic mass is 10.1. The van der Waals surface area contributed by atoms with Gasteiger partial charge in [-0.25, -0.2) is 17.9 Å². The Labute approximate surface area is 180 Å². The van der Waals surface area contributed by atoms with E-state index < -0.39 is 22.7 Å². The maximum Gasteiger partial charge on any atom is 0.335 e. The highest BCUT2D eigenvalue weighted by Gasteiger charge is 2.26. The summed E-state index contributed by atoms with van der Waals surface area (Å²) < 4.78 is 55.8. The van der Waals surface area contributed by atoms with Gasteiger partial charge in [-0.1, -0.05) is 25.5 Å². The molecule has 1 aromatic heterocycles. The van der Waals surface area contributed by atoms with E-state index in [0.29, 0.717) is 18.4 Å². The molecule has 2 amide bonds. The lowest BCUT2D eigenvalue weighted by molar-refractivity contribution is 0.256. The first kappa shape index (κ1) is 24.1. The van der Waals surface area contributed by atoms with Crippen LogP contribution in [0.4, 0.5) is 15.1 Å². The van der Waals surface area contributed by atoms with Crippen LogP contribution in [0.2, 0.25) is 0 Å². The molecule has 0 saturated heterocycles. The van der Waals surface area contributed by atoms with Crippen LogP contribution in [0, 0.1) is 0 Å². The first-order valence-electron chi connectivity index (χ1n) is 9.46. The van der Waals surface area contributed by atoms with Gasteiger partial charge in [-0.2, -0.15) is 9.97 Å². The Kier molecular flexibility index (Phi) is 8.79. The number of aryl methyl sites for hydroxylation is 1. The van der Waals surface area contributed by atoms with Crippen molar-refractivity contribution in [1.29, 1.82) is 0 Å². The molecule has 12 heteroatoms. The van der Waals surface area contributed by atoms with Crippen LogP contribution in [0.15, 0.2) is 29.2 Å². The number of urea groups is 1. The van der Waals surface area contributed by atoms with Crippen LogP contribution in [0.3, 0.4) is 0 Å². The van der Waals surface area contributed by atoms with Crippen molar-refractivity contribution in [3.8, 4) is 17.5 Å². The fourth-order valence-electron chi connectivity index (χ4n) is 2.65. The Bertz CT molecular complexity index is 981. The number of hydrogen-bond donors (Lipinski definition) is 2. The monoisotopic (exact) mass is 456 g/mol. The van der Waals surface area contributed by atoms with Gasteiger partial charge in [0.2, 0.25) is 17.7 Å². The summed E-state index contributed by atoms with van der Waals surface area (Å²) in [5, 5.41) is 2.24. The van der Waals surface area contributed by atoms with Crippen molar-refractivity contribution in [3.05, 3.63) is 29.8 Å². The Hall–Kier alpha value is -3.15.